The summed E-state index contributed by atoms with van der Waals surface area (Å²) in [6.07, 6.45) is 1.73. The molecule has 0 unspecified atom stereocenters. The van der Waals surface area contributed by atoms with Crippen LogP contribution in [-0.4, -0.2) is 41.8 Å². The number of hydrogen-bond acceptors (Lipinski definition) is 6. The minimum Gasteiger partial charge on any atom is -0.467 e. The van der Waals surface area contributed by atoms with E-state index >= 15 is 0 Å². The van der Waals surface area contributed by atoms with Crippen molar-refractivity contribution < 1.29 is 18.5 Å². The van der Waals surface area contributed by atoms with E-state index in [1.165, 1.54) is 0 Å². The SMILES string of the molecule is Cc1cc(CN2C[C@@H]3[C@@H](C(=O)NCc4ccco4)CO[C@@H]3C2)no1. The maximum atomic E-state index is 12.5. The van der Waals surface area contributed by atoms with Gasteiger partial charge in [-0.1, -0.05) is 5.16 Å². The van der Waals surface area contributed by atoms with Gasteiger partial charge in [0.2, 0.25) is 5.91 Å². The largest absolute Gasteiger partial charge is 0.467 e. The monoisotopic (exact) mass is 331 g/mol. The molecule has 0 spiro atoms. The summed E-state index contributed by atoms with van der Waals surface area (Å²) < 4.78 is 16.2. The van der Waals surface area contributed by atoms with E-state index in [-0.39, 0.29) is 23.8 Å². The van der Waals surface area contributed by atoms with Crippen LogP contribution in [0.15, 0.2) is 33.4 Å². The van der Waals surface area contributed by atoms with Crippen molar-refractivity contribution in [3.05, 3.63) is 41.7 Å². The van der Waals surface area contributed by atoms with E-state index in [1.807, 2.05) is 25.1 Å². The molecule has 128 valence electrons. The van der Waals surface area contributed by atoms with Crippen LogP contribution in [0.2, 0.25) is 0 Å². The van der Waals surface area contributed by atoms with Crippen molar-refractivity contribution in [3.8, 4) is 0 Å². The van der Waals surface area contributed by atoms with Gasteiger partial charge in [-0.3, -0.25) is 9.69 Å². The lowest BCUT2D eigenvalue weighted by molar-refractivity contribution is -0.126. The topological polar surface area (TPSA) is 80.7 Å². The molecule has 0 saturated carbocycles. The summed E-state index contributed by atoms with van der Waals surface area (Å²) in [7, 11) is 0. The molecule has 4 rings (SSSR count). The van der Waals surface area contributed by atoms with Gasteiger partial charge in [-0.2, -0.15) is 0 Å². The van der Waals surface area contributed by atoms with E-state index in [0.29, 0.717) is 13.2 Å². The molecule has 0 aliphatic carbocycles. The number of rotatable bonds is 5. The van der Waals surface area contributed by atoms with E-state index in [0.717, 1.165) is 36.8 Å². The lowest BCUT2D eigenvalue weighted by Crippen LogP contribution is -2.36. The highest BCUT2D eigenvalue weighted by atomic mass is 16.5. The van der Waals surface area contributed by atoms with Crippen LogP contribution in [0.25, 0.3) is 0 Å². The molecule has 0 aromatic carbocycles. The molecule has 2 aromatic heterocycles. The predicted octanol–water partition coefficient (Wildman–Crippen LogP) is 1.34. The summed E-state index contributed by atoms with van der Waals surface area (Å²) in [4.78, 5) is 14.7. The molecule has 2 aliphatic heterocycles. The second-order valence-electron chi connectivity index (χ2n) is 6.56. The summed E-state index contributed by atoms with van der Waals surface area (Å²) >= 11 is 0. The van der Waals surface area contributed by atoms with Gasteiger partial charge in [-0.25, -0.2) is 0 Å². The Labute approximate surface area is 139 Å². The quantitative estimate of drug-likeness (QED) is 0.890. The summed E-state index contributed by atoms with van der Waals surface area (Å²) in [6.45, 7) is 5.21. The van der Waals surface area contributed by atoms with Crippen molar-refractivity contribution >= 4 is 5.91 Å². The highest BCUT2D eigenvalue weighted by Gasteiger charge is 2.46. The first-order valence-electron chi connectivity index (χ1n) is 8.25. The Morgan fingerprint density at radius 2 is 2.38 bits per heavy atom. The maximum Gasteiger partial charge on any atom is 0.226 e. The van der Waals surface area contributed by atoms with Crippen molar-refractivity contribution in [2.24, 2.45) is 11.8 Å². The average Bonchev–Trinajstić information content (AvgIpc) is 3.30. The number of aromatic nitrogens is 1. The molecule has 4 heterocycles. The standard InChI is InChI=1S/C17H21N3O4/c1-11-5-12(19-24-11)7-20-8-14-15(10-23-16(14)9-20)17(21)18-6-13-3-2-4-22-13/h2-5,14-16H,6-10H2,1H3,(H,18,21)/t14-,15+,16-/m1/s1. The maximum absolute atomic E-state index is 12.5. The van der Waals surface area contributed by atoms with Crippen LogP contribution in [0.3, 0.4) is 0 Å². The average molecular weight is 331 g/mol. The fourth-order valence-electron chi connectivity index (χ4n) is 3.63. The zero-order valence-electron chi connectivity index (χ0n) is 13.6. The Hall–Kier alpha value is -2.12. The third-order valence-electron chi connectivity index (χ3n) is 4.81. The van der Waals surface area contributed by atoms with E-state index in [1.54, 1.807) is 6.26 Å². The van der Waals surface area contributed by atoms with Crippen LogP contribution < -0.4 is 5.32 Å². The van der Waals surface area contributed by atoms with Gasteiger partial charge < -0.3 is 19.0 Å². The smallest absolute Gasteiger partial charge is 0.226 e. The zero-order valence-corrected chi connectivity index (χ0v) is 13.6. The van der Waals surface area contributed by atoms with Crippen LogP contribution in [0, 0.1) is 18.8 Å². The van der Waals surface area contributed by atoms with Gasteiger partial charge in [0.15, 0.2) is 0 Å². The highest BCUT2D eigenvalue weighted by Crippen LogP contribution is 2.34. The summed E-state index contributed by atoms with van der Waals surface area (Å²) in [5.41, 5.74) is 0.922. The van der Waals surface area contributed by atoms with E-state index in [4.69, 9.17) is 13.7 Å². The molecule has 2 fully saturated rings. The molecule has 2 aromatic rings. The molecule has 3 atom stereocenters. The number of carbonyl (C=O) groups excluding carboxylic acids is 1. The predicted molar refractivity (Wildman–Crippen MR) is 83.8 cm³/mol. The molecule has 0 radical (unpaired) electrons. The molecule has 24 heavy (non-hydrogen) atoms. The Balaban J connectivity index is 1.33. The summed E-state index contributed by atoms with van der Waals surface area (Å²) in [6, 6.07) is 5.62. The van der Waals surface area contributed by atoms with Crippen molar-refractivity contribution in [1.82, 2.24) is 15.4 Å². The van der Waals surface area contributed by atoms with Crippen LogP contribution in [-0.2, 0) is 22.6 Å². The number of hydrogen-bond donors (Lipinski definition) is 1. The van der Waals surface area contributed by atoms with Crippen molar-refractivity contribution in [1.29, 1.82) is 0 Å². The number of nitrogens with one attached hydrogen (secondary N) is 1. The molecular formula is C17H21N3O4. The molecule has 0 bridgehead atoms. The number of fused-ring (bicyclic) bond motifs is 1. The molecular weight excluding hydrogens is 310 g/mol. The minimum absolute atomic E-state index is 0.0398. The normalized spacial score (nSPS) is 26.6. The molecule has 2 aliphatic rings. The Morgan fingerprint density at radius 3 is 3.12 bits per heavy atom. The number of nitrogens with zero attached hydrogens (tertiary/aromatic N) is 2. The van der Waals surface area contributed by atoms with Crippen molar-refractivity contribution in [2.75, 3.05) is 19.7 Å². The number of furan rings is 1. The van der Waals surface area contributed by atoms with E-state index < -0.39 is 0 Å². The van der Waals surface area contributed by atoms with Gasteiger partial charge in [-0.15, -0.1) is 0 Å². The Kier molecular flexibility index (Phi) is 4.12. The van der Waals surface area contributed by atoms with Gasteiger partial charge in [-0.05, 0) is 19.1 Å². The van der Waals surface area contributed by atoms with Gasteiger partial charge in [0.1, 0.15) is 11.5 Å². The third-order valence-corrected chi connectivity index (χ3v) is 4.81. The molecule has 2 saturated heterocycles. The first-order chi connectivity index (χ1) is 11.7. The molecule has 7 heteroatoms. The molecule has 1 amide bonds. The number of aryl methyl sites for hydroxylation is 1. The number of likely N-dealkylation sites (tertiary alicyclic amines) is 1. The van der Waals surface area contributed by atoms with Gasteiger partial charge in [0, 0.05) is 31.6 Å². The molecule has 7 nitrogen and oxygen atoms in total. The lowest BCUT2D eigenvalue weighted by atomic mass is 9.92. The van der Waals surface area contributed by atoms with Crippen LogP contribution in [0.5, 0.6) is 0 Å². The third kappa shape index (κ3) is 3.09. The second kappa shape index (κ2) is 6.41. The number of ether oxygens (including phenoxy) is 1. The second-order valence-corrected chi connectivity index (χ2v) is 6.56. The van der Waals surface area contributed by atoms with E-state index in [2.05, 4.69) is 15.4 Å². The first-order valence-corrected chi connectivity index (χ1v) is 8.25. The van der Waals surface area contributed by atoms with Gasteiger partial charge in [0.25, 0.3) is 0 Å². The first kappa shape index (κ1) is 15.4. The van der Waals surface area contributed by atoms with Crippen LogP contribution in [0.1, 0.15) is 17.2 Å². The lowest BCUT2D eigenvalue weighted by Gasteiger charge is -2.18. The van der Waals surface area contributed by atoms with Crippen LogP contribution >= 0.6 is 0 Å². The minimum atomic E-state index is -0.103. The van der Waals surface area contributed by atoms with Crippen molar-refractivity contribution in [2.45, 2.75) is 26.1 Å². The van der Waals surface area contributed by atoms with Crippen LogP contribution in [0.4, 0.5) is 0 Å². The van der Waals surface area contributed by atoms with Crippen molar-refractivity contribution in [3.63, 3.8) is 0 Å². The number of amides is 1. The zero-order chi connectivity index (χ0) is 16.5. The summed E-state index contributed by atoms with van der Waals surface area (Å²) in [5, 5.41) is 6.99. The van der Waals surface area contributed by atoms with E-state index in [9.17, 15) is 4.79 Å². The number of carbonyl (C=O) groups is 1. The summed E-state index contributed by atoms with van der Waals surface area (Å²) in [5.74, 6) is 1.74. The van der Waals surface area contributed by atoms with Gasteiger partial charge >= 0.3 is 0 Å². The Morgan fingerprint density at radius 1 is 1.46 bits per heavy atom. The van der Waals surface area contributed by atoms with Gasteiger partial charge in [0.05, 0.1) is 37.1 Å². The highest BCUT2D eigenvalue weighted by molar-refractivity contribution is 5.79. The Bertz CT molecular complexity index is 697. The fraction of sp³-hybridized carbons (Fsp3) is 0.529. The fourth-order valence-corrected chi connectivity index (χ4v) is 3.63. The molecule has 1 N–H and O–H groups in total.